The van der Waals surface area contributed by atoms with Gasteiger partial charge in [0.05, 0.1) is 6.33 Å². The van der Waals surface area contributed by atoms with E-state index in [2.05, 4.69) is 30.6 Å². The van der Waals surface area contributed by atoms with Gasteiger partial charge in [-0.3, -0.25) is 0 Å². The minimum absolute atomic E-state index is 0.603. The molecular formula is C13H20N6. The number of nitrogens with one attached hydrogen (secondary N) is 3. The maximum Gasteiger partial charge on any atom is 0.226 e. The summed E-state index contributed by atoms with van der Waals surface area (Å²) in [7, 11) is 1.82. The lowest BCUT2D eigenvalue weighted by molar-refractivity contribution is 0.373. The molecule has 1 saturated carbocycles. The van der Waals surface area contributed by atoms with E-state index in [0.717, 1.165) is 23.8 Å². The van der Waals surface area contributed by atoms with Gasteiger partial charge in [0.15, 0.2) is 11.5 Å². The van der Waals surface area contributed by atoms with Gasteiger partial charge in [-0.1, -0.05) is 19.3 Å². The van der Waals surface area contributed by atoms with Gasteiger partial charge in [-0.15, -0.1) is 0 Å². The number of aromatic nitrogens is 4. The molecule has 0 bridgehead atoms. The number of imidazole rings is 1. The predicted molar refractivity (Wildman–Crippen MR) is 76.3 cm³/mol. The van der Waals surface area contributed by atoms with Crippen molar-refractivity contribution in [2.45, 2.75) is 32.1 Å². The highest BCUT2D eigenvalue weighted by molar-refractivity contribution is 5.83. The molecule has 3 N–H and O–H groups in total. The molecule has 0 saturated heterocycles. The number of rotatable bonds is 4. The van der Waals surface area contributed by atoms with Crippen LogP contribution in [-0.2, 0) is 0 Å². The van der Waals surface area contributed by atoms with E-state index in [1.807, 2.05) is 7.05 Å². The second-order valence-electron chi connectivity index (χ2n) is 5.13. The summed E-state index contributed by atoms with van der Waals surface area (Å²) in [6, 6.07) is 0. The summed E-state index contributed by atoms with van der Waals surface area (Å²) in [5.74, 6) is 2.21. The van der Waals surface area contributed by atoms with E-state index in [4.69, 9.17) is 0 Å². The van der Waals surface area contributed by atoms with E-state index in [1.54, 1.807) is 6.33 Å². The van der Waals surface area contributed by atoms with Crippen LogP contribution in [0.1, 0.15) is 32.1 Å². The molecule has 19 heavy (non-hydrogen) atoms. The van der Waals surface area contributed by atoms with Crippen LogP contribution in [0.2, 0.25) is 0 Å². The highest BCUT2D eigenvalue weighted by Gasteiger charge is 2.15. The van der Waals surface area contributed by atoms with Crippen LogP contribution in [0, 0.1) is 5.92 Å². The van der Waals surface area contributed by atoms with E-state index >= 15 is 0 Å². The number of fused-ring (bicyclic) bond motifs is 1. The molecule has 2 aromatic rings. The molecule has 102 valence electrons. The Morgan fingerprint density at radius 1 is 1.26 bits per heavy atom. The maximum atomic E-state index is 4.47. The average Bonchev–Trinajstić information content (AvgIpc) is 2.94. The topological polar surface area (TPSA) is 78.5 Å². The minimum Gasteiger partial charge on any atom is -0.368 e. The third-order valence-electron chi connectivity index (χ3n) is 3.79. The zero-order valence-electron chi connectivity index (χ0n) is 11.2. The molecule has 0 atom stereocenters. The van der Waals surface area contributed by atoms with Gasteiger partial charge in [-0.05, 0) is 18.8 Å². The molecule has 0 aliphatic heterocycles. The Kier molecular flexibility index (Phi) is 3.48. The Bertz CT molecular complexity index is 543. The minimum atomic E-state index is 0.603. The fourth-order valence-corrected chi connectivity index (χ4v) is 2.71. The normalized spacial score (nSPS) is 16.7. The fourth-order valence-electron chi connectivity index (χ4n) is 2.71. The molecule has 0 amide bonds. The molecule has 2 aromatic heterocycles. The van der Waals surface area contributed by atoms with Crippen LogP contribution in [-0.4, -0.2) is 33.5 Å². The van der Waals surface area contributed by atoms with E-state index < -0.39 is 0 Å². The summed E-state index contributed by atoms with van der Waals surface area (Å²) in [5, 5.41) is 6.43. The first-order chi connectivity index (χ1) is 9.36. The molecule has 0 radical (unpaired) electrons. The van der Waals surface area contributed by atoms with Crippen LogP contribution in [0.3, 0.4) is 0 Å². The maximum absolute atomic E-state index is 4.47. The van der Waals surface area contributed by atoms with Crippen LogP contribution in [0.25, 0.3) is 11.2 Å². The second-order valence-corrected chi connectivity index (χ2v) is 5.13. The van der Waals surface area contributed by atoms with Crippen molar-refractivity contribution >= 4 is 22.9 Å². The molecule has 0 unspecified atom stereocenters. The number of hydrogen-bond acceptors (Lipinski definition) is 5. The largest absolute Gasteiger partial charge is 0.368 e. The Labute approximate surface area is 112 Å². The summed E-state index contributed by atoms with van der Waals surface area (Å²) in [6.07, 6.45) is 8.41. The van der Waals surface area contributed by atoms with Crippen LogP contribution in [0.15, 0.2) is 6.33 Å². The first kappa shape index (κ1) is 12.2. The van der Waals surface area contributed by atoms with E-state index in [1.165, 1.54) is 32.1 Å². The quantitative estimate of drug-likeness (QED) is 0.786. The molecule has 3 rings (SSSR count). The molecule has 0 spiro atoms. The van der Waals surface area contributed by atoms with Gasteiger partial charge in [-0.25, -0.2) is 4.98 Å². The number of aromatic amines is 1. The lowest BCUT2D eigenvalue weighted by Gasteiger charge is -2.22. The summed E-state index contributed by atoms with van der Waals surface area (Å²) >= 11 is 0. The highest BCUT2D eigenvalue weighted by Crippen LogP contribution is 2.25. The number of nitrogens with zero attached hydrogens (tertiary/aromatic N) is 3. The molecule has 1 aliphatic carbocycles. The SMILES string of the molecule is CNc1nc(NCC2CCCCC2)c2[nH]cnc2n1. The molecule has 6 nitrogen and oxygen atoms in total. The first-order valence-electron chi connectivity index (χ1n) is 6.99. The number of H-pyrrole nitrogens is 1. The zero-order chi connectivity index (χ0) is 13.1. The standard InChI is InChI=1S/C13H20N6/c1-14-13-18-11(10-12(19-13)17-8-16-10)15-7-9-5-3-2-4-6-9/h8-9H,2-7H2,1H3,(H3,14,15,16,17,18,19). The Hall–Kier alpha value is -1.85. The number of hydrogen-bond donors (Lipinski definition) is 3. The van der Waals surface area contributed by atoms with Crippen molar-refractivity contribution in [1.29, 1.82) is 0 Å². The Balaban J connectivity index is 1.77. The summed E-state index contributed by atoms with van der Waals surface area (Å²) in [6.45, 7) is 0.980. The summed E-state index contributed by atoms with van der Waals surface area (Å²) in [4.78, 5) is 16.1. The van der Waals surface area contributed by atoms with Gasteiger partial charge >= 0.3 is 0 Å². The van der Waals surface area contributed by atoms with Gasteiger partial charge in [0.25, 0.3) is 0 Å². The third-order valence-corrected chi connectivity index (χ3v) is 3.79. The number of anilines is 2. The van der Waals surface area contributed by atoms with Gasteiger partial charge in [0.1, 0.15) is 5.52 Å². The van der Waals surface area contributed by atoms with Crippen molar-refractivity contribution in [3.63, 3.8) is 0 Å². The summed E-state index contributed by atoms with van der Waals surface area (Å²) in [5.41, 5.74) is 1.58. The second kappa shape index (κ2) is 5.42. The first-order valence-corrected chi connectivity index (χ1v) is 6.99. The van der Waals surface area contributed by atoms with E-state index in [-0.39, 0.29) is 0 Å². The average molecular weight is 260 g/mol. The van der Waals surface area contributed by atoms with Crippen molar-refractivity contribution in [2.24, 2.45) is 5.92 Å². The molecule has 2 heterocycles. The fraction of sp³-hybridized carbons (Fsp3) is 0.615. The molecule has 1 fully saturated rings. The van der Waals surface area contributed by atoms with E-state index in [0.29, 0.717) is 11.6 Å². The van der Waals surface area contributed by atoms with Crippen molar-refractivity contribution in [3.05, 3.63) is 6.33 Å². The van der Waals surface area contributed by atoms with Crippen molar-refractivity contribution in [3.8, 4) is 0 Å². The molecule has 0 aromatic carbocycles. The van der Waals surface area contributed by atoms with Crippen LogP contribution < -0.4 is 10.6 Å². The Morgan fingerprint density at radius 3 is 2.89 bits per heavy atom. The van der Waals surface area contributed by atoms with Gasteiger partial charge in [-0.2, -0.15) is 9.97 Å². The zero-order valence-corrected chi connectivity index (χ0v) is 11.2. The monoisotopic (exact) mass is 260 g/mol. The van der Waals surface area contributed by atoms with Crippen molar-refractivity contribution in [1.82, 2.24) is 19.9 Å². The summed E-state index contributed by atoms with van der Waals surface area (Å²) < 4.78 is 0. The van der Waals surface area contributed by atoms with Gasteiger partial charge < -0.3 is 15.6 Å². The van der Waals surface area contributed by atoms with Crippen LogP contribution in [0.5, 0.6) is 0 Å². The smallest absolute Gasteiger partial charge is 0.226 e. The van der Waals surface area contributed by atoms with Crippen molar-refractivity contribution < 1.29 is 0 Å². The van der Waals surface area contributed by atoms with Crippen molar-refractivity contribution in [2.75, 3.05) is 24.2 Å². The molecule has 6 heteroatoms. The lowest BCUT2D eigenvalue weighted by atomic mass is 9.89. The van der Waals surface area contributed by atoms with Crippen LogP contribution >= 0.6 is 0 Å². The predicted octanol–water partition coefficient (Wildman–Crippen LogP) is 2.39. The van der Waals surface area contributed by atoms with E-state index in [9.17, 15) is 0 Å². The Morgan fingerprint density at radius 2 is 2.11 bits per heavy atom. The van der Waals surface area contributed by atoms with Gasteiger partial charge in [0.2, 0.25) is 5.95 Å². The van der Waals surface area contributed by atoms with Crippen LogP contribution in [0.4, 0.5) is 11.8 Å². The lowest BCUT2D eigenvalue weighted by Crippen LogP contribution is -2.18. The molecular weight excluding hydrogens is 240 g/mol. The van der Waals surface area contributed by atoms with Gasteiger partial charge in [0, 0.05) is 13.6 Å². The highest BCUT2D eigenvalue weighted by atomic mass is 15.2. The third kappa shape index (κ3) is 2.62. The molecule has 1 aliphatic rings.